The molecule has 0 spiro atoms. The van der Waals surface area contributed by atoms with Gasteiger partial charge in [-0.2, -0.15) is 0 Å². The van der Waals surface area contributed by atoms with Gasteiger partial charge in [-0.25, -0.2) is 9.59 Å². The number of esters is 2. The Morgan fingerprint density at radius 2 is 1.77 bits per heavy atom. The number of anilines is 1. The molecule has 3 rings (SSSR count). The predicted octanol–water partition coefficient (Wildman–Crippen LogP) is 5.30. The fourth-order valence-corrected chi connectivity index (χ4v) is 3.22. The number of fused-ring (bicyclic) bond motifs is 1. The number of pyridine rings is 1. The second-order valence-corrected chi connectivity index (χ2v) is 7.24. The Labute approximate surface area is 184 Å². The zero-order chi connectivity index (χ0) is 21.7. The maximum Gasteiger partial charge on any atom is 0.341 e. The number of nitrogens with zero attached hydrogens (tertiary/aromatic N) is 1. The van der Waals surface area contributed by atoms with Crippen LogP contribution < -0.4 is 5.32 Å². The number of nitrogens with one attached hydrogen (secondary N) is 1. The monoisotopic (exact) mass is 446 g/mol. The third-order valence-electron chi connectivity index (χ3n) is 4.35. The zero-order valence-corrected chi connectivity index (χ0v) is 18.0. The third-order valence-corrected chi connectivity index (χ3v) is 5.14. The van der Waals surface area contributed by atoms with Gasteiger partial charge in [0.15, 0.2) is 0 Å². The van der Waals surface area contributed by atoms with Crippen molar-refractivity contribution in [1.29, 1.82) is 0 Å². The summed E-state index contributed by atoms with van der Waals surface area (Å²) < 4.78 is 10.4. The van der Waals surface area contributed by atoms with E-state index in [1.165, 1.54) is 6.20 Å². The van der Waals surface area contributed by atoms with Crippen LogP contribution in [0.25, 0.3) is 10.9 Å². The lowest BCUT2D eigenvalue weighted by Crippen LogP contribution is -2.17. The van der Waals surface area contributed by atoms with E-state index in [-0.39, 0.29) is 25.3 Å². The number of halogens is 2. The van der Waals surface area contributed by atoms with E-state index < -0.39 is 11.9 Å². The van der Waals surface area contributed by atoms with Gasteiger partial charge in [0.05, 0.1) is 33.4 Å². The fourth-order valence-electron chi connectivity index (χ4n) is 2.85. The Morgan fingerprint density at radius 3 is 2.47 bits per heavy atom. The second kappa shape index (κ2) is 9.78. The molecule has 8 heteroatoms. The van der Waals surface area contributed by atoms with Crippen LogP contribution in [0.15, 0.2) is 42.6 Å². The van der Waals surface area contributed by atoms with Crippen molar-refractivity contribution < 1.29 is 19.1 Å². The number of carbonyl (C=O) groups is 2. The van der Waals surface area contributed by atoms with Gasteiger partial charge in [-0.15, -0.1) is 0 Å². The van der Waals surface area contributed by atoms with Gasteiger partial charge in [-0.05, 0) is 38.1 Å². The van der Waals surface area contributed by atoms with Crippen LogP contribution in [-0.4, -0.2) is 36.7 Å². The van der Waals surface area contributed by atoms with Crippen LogP contribution in [0.1, 0.15) is 33.2 Å². The van der Waals surface area contributed by atoms with Gasteiger partial charge in [0, 0.05) is 18.1 Å². The van der Waals surface area contributed by atoms with Crippen molar-refractivity contribution in [3.63, 3.8) is 0 Å². The minimum atomic E-state index is -0.517. The highest BCUT2D eigenvalue weighted by Gasteiger charge is 2.19. The first-order valence-electron chi connectivity index (χ1n) is 9.34. The van der Waals surface area contributed by atoms with Gasteiger partial charge in [-0.3, -0.25) is 4.98 Å². The minimum Gasteiger partial charge on any atom is -0.462 e. The SMILES string of the molecule is CCOC(=O)c1cnc2c(Cl)c(Cl)ccc2c1NCCOC(=O)c1ccc(C)cc1. The lowest BCUT2D eigenvalue weighted by atomic mass is 10.1. The standard InChI is InChI=1S/C22H20Cl2N2O4/c1-3-29-22(28)16-12-26-20-15(8-9-17(23)18(20)24)19(16)25-10-11-30-21(27)14-6-4-13(2)5-7-14/h4-9,12H,3,10-11H2,1-2H3,(H,25,26). The number of hydrogen-bond acceptors (Lipinski definition) is 6. The first kappa shape index (κ1) is 21.9. The van der Waals surface area contributed by atoms with E-state index in [1.54, 1.807) is 31.2 Å². The topological polar surface area (TPSA) is 77.5 Å². The summed E-state index contributed by atoms with van der Waals surface area (Å²) in [6, 6.07) is 10.5. The number of ether oxygens (including phenoxy) is 2. The molecule has 156 valence electrons. The summed E-state index contributed by atoms with van der Waals surface area (Å²) >= 11 is 12.3. The van der Waals surface area contributed by atoms with E-state index in [1.807, 2.05) is 19.1 Å². The molecule has 0 aliphatic carbocycles. The number of hydrogen-bond donors (Lipinski definition) is 1. The van der Waals surface area contributed by atoms with E-state index >= 15 is 0 Å². The van der Waals surface area contributed by atoms with E-state index in [2.05, 4.69) is 10.3 Å². The first-order chi connectivity index (χ1) is 14.4. The quantitative estimate of drug-likeness (QED) is 0.392. The van der Waals surface area contributed by atoms with Crippen LogP contribution in [0.5, 0.6) is 0 Å². The maximum absolute atomic E-state index is 12.4. The molecule has 1 aromatic heterocycles. The molecule has 0 aliphatic rings. The number of aryl methyl sites for hydroxylation is 1. The summed E-state index contributed by atoms with van der Waals surface area (Å²) in [5.74, 6) is -0.936. The van der Waals surface area contributed by atoms with E-state index in [9.17, 15) is 9.59 Å². The Hall–Kier alpha value is -2.83. The van der Waals surface area contributed by atoms with Crippen LogP contribution in [-0.2, 0) is 9.47 Å². The lowest BCUT2D eigenvalue weighted by molar-refractivity contribution is 0.0510. The largest absolute Gasteiger partial charge is 0.462 e. The van der Waals surface area contributed by atoms with Crippen molar-refractivity contribution in [2.45, 2.75) is 13.8 Å². The Kier molecular flexibility index (Phi) is 7.13. The third kappa shape index (κ3) is 4.83. The molecule has 0 saturated heterocycles. The summed E-state index contributed by atoms with van der Waals surface area (Å²) in [5.41, 5.74) is 2.74. The first-order valence-corrected chi connectivity index (χ1v) is 10.1. The average molecular weight is 447 g/mol. The van der Waals surface area contributed by atoms with Crippen molar-refractivity contribution >= 4 is 51.7 Å². The molecule has 30 heavy (non-hydrogen) atoms. The van der Waals surface area contributed by atoms with Gasteiger partial charge < -0.3 is 14.8 Å². The summed E-state index contributed by atoms with van der Waals surface area (Å²) in [6.07, 6.45) is 1.39. The van der Waals surface area contributed by atoms with Crippen molar-refractivity contribution in [2.24, 2.45) is 0 Å². The number of benzene rings is 2. The molecule has 0 radical (unpaired) electrons. The van der Waals surface area contributed by atoms with Gasteiger partial charge >= 0.3 is 11.9 Å². The predicted molar refractivity (Wildman–Crippen MR) is 118 cm³/mol. The Balaban J connectivity index is 1.78. The van der Waals surface area contributed by atoms with Crippen LogP contribution >= 0.6 is 23.2 Å². The smallest absolute Gasteiger partial charge is 0.341 e. The Morgan fingerprint density at radius 1 is 1.03 bits per heavy atom. The van der Waals surface area contributed by atoms with Gasteiger partial charge in [0.2, 0.25) is 0 Å². The zero-order valence-electron chi connectivity index (χ0n) is 16.5. The summed E-state index contributed by atoms with van der Waals surface area (Å²) in [6.45, 7) is 4.26. The van der Waals surface area contributed by atoms with E-state index in [0.717, 1.165) is 5.56 Å². The van der Waals surface area contributed by atoms with Gasteiger partial charge in [-0.1, -0.05) is 40.9 Å². The van der Waals surface area contributed by atoms with Crippen LogP contribution in [0.2, 0.25) is 10.0 Å². The summed E-state index contributed by atoms with van der Waals surface area (Å²) in [4.78, 5) is 28.8. The minimum absolute atomic E-state index is 0.0973. The van der Waals surface area contributed by atoms with Gasteiger partial charge in [0.1, 0.15) is 12.2 Å². The van der Waals surface area contributed by atoms with E-state index in [0.29, 0.717) is 32.2 Å². The van der Waals surface area contributed by atoms with Crippen molar-refractivity contribution in [1.82, 2.24) is 4.98 Å². The fraction of sp³-hybridized carbons (Fsp3) is 0.227. The molecule has 0 unspecified atom stereocenters. The van der Waals surface area contributed by atoms with Crippen molar-refractivity contribution in [3.05, 3.63) is 69.3 Å². The van der Waals surface area contributed by atoms with Crippen molar-refractivity contribution in [2.75, 3.05) is 25.1 Å². The van der Waals surface area contributed by atoms with Crippen molar-refractivity contribution in [3.8, 4) is 0 Å². The van der Waals surface area contributed by atoms with Crippen LogP contribution in [0.3, 0.4) is 0 Å². The molecule has 2 aromatic carbocycles. The molecular formula is C22H20Cl2N2O4. The molecule has 0 amide bonds. The molecule has 3 aromatic rings. The van der Waals surface area contributed by atoms with Gasteiger partial charge in [0.25, 0.3) is 0 Å². The second-order valence-electron chi connectivity index (χ2n) is 6.45. The molecular weight excluding hydrogens is 427 g/mol. The molecule has 0 fully saturated rings. The lowest BCUT2D eigenvalue weighted by Gasteiger charge is -2.15. The molecule has 0 aliphatic heterocycles. The number of aromatic nitrogens is 1. The molecule has 1 heterocycles. The van der Waals surface area contributed by atoms with Crippen LogP contribution in [0.4, 0.5) is 5.69 Å². The normalized spacial score (nSPS) is 10.7. The number of carbonyl (C=O) groups excluding carboxylic acids is 2. The molecule has 6 nitrogen and oxygen atoms in total. The summed E-state index contributed by atoms with van der Waals surface area (Å²) in [7, 11) is 0. The maximum atomic E-state index is 12.4. The molecule has 0 atom stereocenters. The number of rotatable bonds is 7. The van der Waals surface area contributed by atoms with Crippen LogP contribution in [0, 0.1) is 6.92 Å². The molecule has 0 bridgehead atoms. The summed E-state index contributed by atoms with van der Waals surface area (Å²) in [5, 5.41) is 4.40. The molecule has 0 saturated carbocycles. The van der Waals surface area contributed by atoms with E-state index in [4.69, 9.17) is 32.7 Å². The Bertz CT molecular complexity index is 1080. The highest BCUT2D eigenvalue weighted by Crippen LogP contribution is 2.34. The highest BCUT2D eigenvalue weighted by atomic mass is 35.5. The highest BCUT2D eigenvalue weighted by molar-refractivity contribution is 6.45. The average Bonchev–Trinajstić information content (AvgIpc) is 2.74. The molecule has 1 N–H and O–H groups in total.